The summed E-state index contributed by atoms with van der Waals surface area (Å²) in [6.45, 7) is 6.22. The Kier molecular flexibility index (Phi) is 5.36. The number of nitrogens with two attached hydrogens (primary N) is 1. The first-order chi connectivity index (χ1) is 8.88. The third kappa shape index (κ3) is 3.70. The molecule has 0 bridgehead atoms. The van der Waals surface area contributed by atoms with Gasteiger partial charge >= 0.3 is 0 Å². The lowest BCUT2D eigenvalue weighted by Gasteiger charge is -2.16. The van der Waals surface area contributed by atoms with Gasteiger partial charge < -0.3 is 4.74 Å². The maximum Gasteiger partial charge on any atom is 0.236 e. The second-order valence-corrected chi connectivity index (χ2v) is 4.99. The molecule has 0 aliphatic carbocycles. The van der Waals surface area contributed by atoms with Crippen LogP contribution in [0.1, 0.15) is 35.1 Å². The first kappa shape index (κ1) is 15.5. The number of benzene rings is 1. The Bertz CT molecular complexity index is 468. The quantitative estimate of drug-likeness (QED) is 0.504. The smallest absolute Gasteiger partial charge is 0.236 e. The third-order valence-electron chi connectivity index (χ3n) is 3.57. The minimum absolute atomic E-state index is 0.0281. The lowest BCUT2D eigenvalue weighted by molar-refractivity contribution is -0.130. The standard InChI is InChI=1S/C15H24N2O2/c1-10-9-13(7-6-8-14(18)17(4)16)11(2)12(3)15(10)19-5/h9H,6-8,16H2,1-5H3. The predicted octanol–water partition coefficient (Wildman–Crippen LogP) is 2.28. The zero-order valence-corrected chi connectivity index (χ0v) is 12.5. The highest BCUT2D eigenvalue weighted by Gasteiger charge is 2.11. The Morgan fingerprint density at radius 3 is 2.47 bits per heavy atom. The maximum atomic E-state index is 11.4. The number of amides is 1. The van der Waals surface area contributed by atoms with Crippen molar-refractivity contribution < 1.29 is 9.53 Å². The summed E-state index contributed by atoms with van der Waals surface area (Å²) in [5.74, 6) is 6.33. The monoisotopic (exact) mass is 264 g/mol. The summed E-state index contributed by atoms with van der Waals surface area (Å²) in [5, 5.41) is 1.15. The first-order valence-corrected chi connectivity index (χ1v) is 6.53. The predicted molar refractivity (Wildman–Crippen MR) is 77.1 cm³/mol. The molecule has 0 aliphatic rings. The summed E-state index contributed by atoms with van der Waals surface area (Å²) >= 11 is 0. The van der Waals surface area contributed by atoms with Crippen molar-refractivity contribution in [1.82, 2.24) is 5.01 Å². The van der Waals surface area contributed by atoms with Gasteiger partial charge in [-0.25, -0.2) is 5.84 Å². The van der Waals surface area contributed by atoms with Crippen LogP contribution in [0.3, 0.4) is 0 Å². The van der Waals surface area contributed by atoms with Crippen molar-refractivity contribution in [2.45, 2.75) is 40.0 Å². The normalized spacial score (nSPS) is 10.4. The molecule has 4 nitrogen and oxygen atoms in total. The van der Waals surface area contributed by atoms with Crippen molar-refractivity contribution in [2.75, 3.05) is 14.2 Å². The highest BCUT2D eigenvalue weighted by molar-refractivity contribution is 5.75. The molecule has 0 aliphatic heterocycles. The van der Waals surface area contributed by atoms with Crippen molar-refractivity contribution in [3.63, 3.8) is 0 Å². The van der Waals surface area contributed by atoms with E-state index in [0.717, 1.165) is 29.2 Å². The molecule has 0 unspecified atom stereocenters. The molecular weight excluding hydrogens is 240 g/mol. The van der Waals surface area contributed by atoms with Gasteiger partial charge in [0.05, 0.1) is 7.11 Å². The number of aryl methyl sites for hydroxylation is 2. The van der Waals surface area contributed by atoms with Gasteiger partial charge in [-0.2, -0.15) is 0 Å². The first-order valence-electron chi connectivity index (χ1n) is 6.53. The Morgan fingerprint density at radius 1 is 1.32 bits per heavy atom. The van der Waals surface area contributed by atoms with Crippen LogP contribution < -0.4 is 10.6 Å². The molecule has 2 N–H and O–H groups in total. The molecular formula is C15H24N2O2. The molecule has 1 amide bonds. The fourth-order valence-electron chi connectivity index (χ4n) is 2.32. The SMILES string of the molecule is COc1c(C)cc(CCCC(=O)N(C)N)c(C)c1C. The molecule has 0 saturated carbocycles. The molecule has 0 spiro atoms. The van der Waals surface area contributed by atoms with E-state index in [2.05, 4.69) is 19.9 Å². The van der Waals surface area contributed by atoms with E-state index in [9.17, 15) is 4.79 Å². The van der Waals surface area contributed by atoms with Gasteiger partial charge in [0.25, 0.3) is 0 Å². The molecule has 0 aromatic heterocycles. The number of hydrazine groups is 1. The molecule has 0 fully saturated rings. The Morgan fingerprint density at radius 2 is 1.95 bits per heavy atom. The van der Waals surface area contributed by atoms with E-state index >= 15 is 0 Å². The molecule has 19 heavy (non-hydrogen) atoms. The van der Waals surface area contributed by atoms with E-state index < -0.39 is 0 Å². The highest BCUT2D eigenvalue weighted by Crippen LogP contribution is 2.29. The number of nitrogens with zero attached hydrogens (tertiary/aromatic N) is 1. The van der Waals surface area contributed by atoms with E-state index in [0.29, 0.717) is 6.42 Å². The van der Waals surface area contributed by atoms with Crippen LogP contribution in [-0.4, -0.2) is 25.1 Å². The second kappa shape index (κ2) is 6.57. The van der Waals surface area contributed by atoms with Gasteiger partial charge in [-0.3, -0.25) is 9.80 Å². The number of ether oxygens (including phenoxy) is 1. The van der Waals surface area contributed by atoms with E-state index in [1.165, 1.54) is 16.7 Å². The highest BCUT2D eigenvalue weighted by atomic mass is 16.5. The number of hydrogen-bond donors (Lipinski definition) is 1. The molecule has 0 atom stereocenters. The zero-order chi connectivity index (χ0) is 14.6. The van der Waals surface area contributed by atoms with E-state index in [1.54, 1.807) is 14.2 Å². The van der Waals surface area contributed by atoms with Crippen LogP contribution in [0.2, 0.25) is 0 Å². The molecule has 0 radical (unpaired) electrons. The fraction of sp³-hybridized carbons (Fsp3) is 0.533. The van der Waals surface area contributed by atoms with Crippen molar-refractivity contribution in [1.29, 1.82) is 0 Å². The number of carbonyl (C=O) groups excluding carboxylic acids is 1. The van der Waals surface area contributed by atoms with Gasteiger partial charge in [-0.1, -0.05) is 6.07 Å². The van der Waals surface area contributed by atoms with Crippen molar-refractivity contribution in [2.24, 2.45) is 5.84 Å². The minimum Gasteiger partial charge on any atom is -0.496 e. The largest absolute Gasteiger partial charge is 0.496 e. The molecule has 4 heteroatoms. The van der Waals surface area contributed by atoms with Crippen LogP contribution in [0.15, 0.2) is 6.07 Å². The summed E-state index contributed by atoms with van der Waals surface area (Å²) < 4.78 is 5.41. The lowest BCUT2D eigenvalue weighted by atomic mass is 9.95. The Labute approximate surface area is 115 Å². The van der Waals surface area contributed by atoms with Crippen molar-refractivity contribution in [3.05, 3.63) is 28.3 Å². The topological polar surface area (TPSA) is 55.6 Å². The number of rotatable bonds is 5. The van der Waals surface area contributed by atoms with Crippen LogP contribution in [0.25, 0.3) is 0 Å². The lowest BCUT2D eigenvalue weighted by Crippen LogP contribution is -2.32. The van der Waals surface area contributed by atoms with E-state index in [1.807, 2.05) is 6.92 Å². The van der Waals surface area contributed by atoms with Crippen molar-refractivity contribution in [3.8, 4) is 5.75 Å². The minimum atomic E-state index is -0.0281. The summed E-state index contributed by atoms with van der Waals surface area (Å²) in [4.78, 5) is 11.4. The van der Waals surface area contributed by atoms with Gasteiger partial charge in [0.15, 0.2) is 0 Å². The molecule has 1 aromatic rings. The summed E-state index contributed by atoms with van der Waals surface area (Å²) in [6.07, 6.45) is 2.18. The van der Waals surface area contributed by atoms with E-state index in [4.69, 9.17) is 10.6 Å². The van der Waals surface area contributed by atoms with Gasteiger partial charge in [-0.05, 0) is 55.9 Å². The Balaban J connectivity index is 2.78. The van der Waals surface area contributed by atoms with Gasteiger partial charge in [-0.15, -0.1) is 0 Å². The van der Waals surface area contributed by atoms with Crippen LogP contribution in [0.5, 0.6) is 5.75 Å². The van der Waals surface area contributed by atoms with Crippen LogP contribution in [0.4, 0.5) is 0 Å². The zero-order valence-electron chi connectivity index (χ0n) is 12.5. The van der Waals surface area contributed by atoms with Crippen LogP contribution in [-0.2, 0) is 11.2 Å². The van der Waals surface area contributed by atoms with Crippen molar-refractivity contribution >= 4 is 5.91 Å². The summed E-state index contributed by atoms with van der Waals surface area (Å²) in [5.41, 5.74) is 4.85. The number of methoxy groups -OCH3 is 1. The fourth-order valence-corrected chi connectivity index (χ4v) is 2.32. The molecule has 1 rings (SSSR count). The molecule has 1 aromatic carbocycles. The Hall–Kier alpha value is -1.55. The average Bonchev–Trinajstić information content (AvgIpc) is 2.35. The molecule has 106 valence electrons. The maximum absolute atomic E-state index is 11.4. The van der Waals surface area contributed by atoms with Gasteiger partial charge in [0.2, 0.25) is 5.91 Å². The molecule has 0 saturated heterocycles. The molecule has 0 heterocycles. The van der Waals surface area contributed by atoms with Gasteiger partial charge in [0, 0.05) is 13.5 Å². The number of carbonyl (C=O) groups is 1. The van der Waals surface area contributed by atoms with Gasteiger partial charge in [0.1, 0.15) is 5.75 Å². The second-order valence-electron chi connectivity index (χ2n) is 4.99. The average molecular weight is 264 g/mol. The van der Waals surface area contributed by atoms with Crippen LogP contribution >= 0.6 is 0 Å². The number of hydrogen-bond acceptors (Lipinski definition) is 3. The van der Waals surface area contributed by atoms with Crippen LogP contribution in [0, 0.1) is 20.8 Å². The summed E-state index contributed by atoms with van der Waals surface area (Å²) in [7, 11) is 3.28. The van der Waals surface area contributed by atoms with E-state index in [-0.39, 0.29) is 5.91 Å². The summed E-state index contributed by atoms with van der Waals surface area (Å²) in [6, 6.07) is 2.15. The third-order valence-corrected chi connectivity index (χ3v) is 3.57.